The second kappa shape index (κ2) is 7.42. The Labute approximate surface area is 136 Å². The molecule has 122 valence electrons. The molecule has 1 saturated heterocycles. The number of aromatic nitrogens is 1. The molecule has 5 heteroatoms. The number of likely N-dealkylation sites (tertiary alicyclic amines) is 1. The van der Waals surface area contributed by atoms with Gasteiger partial charge in [-0.1, -0.05) is 35.5 Å². The van der Waals surface area contributed by atoms with E-state index in [9.17, 15) is 4.79 Å². The molecule has 23 heavy (non-hydrogen) atoms. The maximum atomic E-state index is 11.9. The minimum atomic E-state index is 0.00246. The highest BCUT2D eigenvalue weighted by molar-refractivity contribution is 5.77. The Kier molecular flexibility index (Phi) is 5.08. The van der Waals surface area contributed by atoms with Crippen LogP contribution in [0.15, 0.2) is 40.9 Å². The van der Waals surface area contributed by atoms with Crippen molar-refractivity contribution in [3.63, 3.8) is 0 Å². The van der Waals surface area contributed by atoms with Gasteiger partial charge in [-0.2, -0.15) is 0 Å². The highest BCUT2D eigenvalue weighted by Gasteiger charge is 2.22. The number of nitrogens with one attached hydrogen (secondary N) is 1. The molecule has 1 amide bonds. The summed E-state index contributed by atoms with van der Waals surface area (Å²) in [6.07, 6.45) is 1.40. The Balaban J connectivity index is 1.39. The molecule has 2 heterocycles. The smallest absolute Gasteiger partial charge is 0.227 e. The number of carbonyl (C=O) groups excluding carboxylic acids is 1. The van der Waals surface area contributed by atoms with Gasteiger partial charge in [0.25, 0.3) is 0 Å². The van der Waals surface area contributed by atoms with Crippen molar-refractivity contribution < 1.29 is 9.32 Å². The van der Waals surface area contributed by atoms with Crippen LogP contribution >= 0.6 is 0 Å². The van der Waals surface area contributed by atoms with Crippen LogP contribution < -0.4 is 5.32 Å². The van der Waals surface area contributed by atoms with Crippen LogP contribution in [-0.2, 0) is 17.8 Å². The summed E-state index contributed by atoms with van der Waals surface area (Å²) in [5.41, 5.74) is 2.15. The fourth-order valence-electron chi connectivity index (χ4n) is 3.04. The molecule has 0 spiro atoms. The van der Waals surface area contributed by atoms with Gasteiger partial charge in [-0.3, -0.25) is 9.69 Å². The topological polar surface area (TPSA) is 58.4 Å². The van der Waals surface area contributed by atoms with E-state index in [0.29, 0.717) is 11.7 Å². The minimum Gasteiger partial charge on any atom is -0.361 e. The van der Waals surface area contributed by atoms with Crippen LogP contribution in [0.1, 0.15) is 23.4 Å². The lowest BCUT2D eigenvalue weighted by atomic mass is 10.1. The van der Waals surface area contributed by atoms with E-state index in [1.165, 1.54) is 5.56 Å². The molecule has 2 aromatic rings. The summed E-state index contributed by atoms with van der Waals surface area (Å²) in [6, 6.07) is 12.3. The average molecular weight is 313 g/mol. The van der Waals surface area contributed by atoms with Crippen LogP contribution in [0, 0.1) is 12.8 Å². The van der Waals surface area contributed by atoms with E-state index < -0.39 is 0 Å². The number of hydrogen-bond acceptors (Lipinski definition) is 4. The Morgan fingerprint density at radius 2 is 2.22 bits per heavy atom. The van der Waals surface area contributed by atoms with Crippen LogP contribution in [0.2, 0.25) is 0 Å². The van der Waals surface area contributed by atoms with E-state index in [4.69, 9.17) is 4.52 Å². The molecule has 3 rings (SSSR count). The van der Waals surface area contributed by atoms with Crippen molar-refractivity contribution in [2.45, 2.75) is 26.3 Å². The number of hydrogen-bond donors (Lipinski definition) is 1. The third-order valence-corrected chi connectivity index (χ3v) is 4.22. The number of carbonyl (C=O) groups is 1. The summed E-state index contributed by atoms with van der Waals surface area (Å²) in [6.45, 7) is 5.71. The predicted molar refractivity (Wildman–Crippen MR) is 87.8 cm³/mol. The Hall–Kier alpha value is -2.14. The van der Waals surface area contributed by atoms with E-state index in [-0.39, 0.29) is 12.3 Å². The van der Waals surface area contributed by atoms with Crippen LogP contribution in [0.3, 0.4) is 0 Å². The number of amides is 1. The van der Waals surface area contributed by atoms with Crippen molar-refractivity contribution in [2.75, 3.05) is 19.6 Å². The summed E-state index contributed by atoms with van der Waals surface area (Å²) in [5, 5.41) is 6.81. The first-order chi connectivity index (χ1) is 11.2. The van der Waals surface area contributed by atoms with Gasteiger partial charge in [0, 0.05) is 25.7 Å². The zero-order chi connectivity index (χ0) is 16.1. The third-order valence-electron chi connectivity index (χ3n) is 4.22. The van der Waals surface area contributed by atoms with E-state index in [2.05, 4.69) is 39.6 Å². The Bertz CT molecular complexity index is 639. The molecule has 1 aromatic heterocycles. The zero-order valence-electron chi connectivity index (χ0n) is 13.5. The molecule has 0 aliphatic carbocycles. The number of rotatable bonds is 6. The highest BCUT2D eigenvalue weighted by Crippen LogP contribution is 2.18. The standard InChI is InChI=1S/C18H23N3O2/c1-14-9-17(23-20-14)10-18(22)19-11-16-7-8-21(13-16)12-15-5-3-2-4-6-15/h2-6,9,16H,7-8,10-13H2,1H3,(H,19,22)/t16-/m0/s1. The van der Waals surface area contributed by atoms with Crippen molar-refractivity contribution in [3.05, 3.63) is 53.4 Å². The molecule has 5 nitrogen and oxygen atoms in total. The van der Waals surface area contributed by atoms with Gasteiger partial charge in [0.05, 0.1) is 12.1 Å². The molecule has 1 atom stereocenters. The predicted octanol–water partition coefficient (Wildman–Crippen LogP) is 2.16. The van der Waals surface area contributed by atoms with Crippen LogP contribution in [-0.4, -0.2) is 35.6 Å². The second-order valence-electron chi connectivity index (χ2n) is 6.29. The molecule has 0 saturated carbocycles. The quantitative estimate of drug-likeness (QED) is 0.888. The van der Waals surface area contributed by atoms with Gasteiger partial charge in [0.2, 0.25) is 5.91 Å². The summed E-state index contributed by atoms with van der Waals surface area (Å²) >= 11 is 0. The lowest BCUT2D eigenvalue weighted by Gasteiger charge is -2.16. The number of nitrogens with zero attached hydrogens (tertiary/aromatic N) is 2. The maximum absolute atomic E-state index is 11.9. The van der Waals surface area contributed by atoms with Crippen molar-refractivity contribution in [1.82, 2.24) is 15.4 Å². The van der Waals surface area contributed by atoms with Gasteiger partial charge in [-0.15, -0.1) is 0 Å². The summed E-state index contributed by atoms with van der Waals surface area (Å²) < 4.78 is 5.07. The molecule has 0 radical (unpaired) electrons. The van der Waals surface area contributed by atoms with E-state index in [1.54, 1.807) is 6.07 Å². The van der Waals surface area contributed by atoms with Gasteiger partial charge in [-0.05, 0) is 31.4 Å². The first kappa shape index (κ1) is 15.7. The van der Waals surface area contributed by atoms with E-state index in [0.717, 1.165) is 38.3 Å². The Morgan fingerprint density at radius 3 is 2.96 bits per heavy atom. The van der Waals surface area contributed by atoms with Crippen LogP contribution in [0.5, 0.6) is 0 Å². The van der Waals surface area contributed by atoms with Gasteiger partial charge >= 0.3 is 0 Å². The number of benzene rings is 1. The van der Waals surface area contributed by atoms with Crippen molar-refractivity contribution in [1.29, 1.82) is 0 Å². The van der Waals surface area contributed by atoms with E-state index in [1.807, 2.05) is 13.0 Å². The molecule has 1 aliphatic rings. The fraction of sp³-hybridized carbons (Fsp3) is 0.444. The lowest BCUT2D eigenvalue weighted by molar-refractivity contribution is -0.120. The van der Waals surface area contributed by atoms with Gasteiger partial charge < -0.3 is 9.84 Å². The largest absolute Gasteiger partial charge is 0.361 e. The van der Waals surface area contributed by atoms with Gasteiger partial charge in [0.1, 0.15) is 5.76 Å². The normalized spacial score (nSPS) is 18.2. The molecule has 1 aromatic carbocycles. The molecular weight excluding hydrogens is 290 g/mol. The van der Waals surface area contributed by atoms with Gasteiger partial charge in [-0.25, -0.2) is 0 Å². The molecular formula is C18H23N3O2. The average Bonchev–Trinajstić information content (AvgIpc) is 3.15. The summed E-state index contributed by atoms with van der Waals surface area (Å²) in [7, 11) is 0. The zero-order valence-corrected chi connectivity index (χ0v) is 13.5. The summed E-state index contributed by atoms with van der Waals surface area (Å²) in [5.74, 6) is 1.15. The van der Waals surface area contributed by atoms with Crippen LogP contribution in [0.25, 0.3) is 0 Å². The molecule has 1 N–H and O–H groups in total. The minimum absolute atomic E-state index is 0.00246. The first-order valence-electron chi connectivity index (χ1n) is 8.14. The third kappa shape index (κ3) is 4.66. The summed E-state index contributed by atoms with van der Waals surface area (Å²) in [4.78, 5) is 14.4. The molecule has 1 aliphatic heterocycles. The van der Waals surface area contributed by atoms with Crippen molar-refractivity contribution in [3.8, 4) is 0 Å². The molecule has 1 fully saturated rings. The lowest BCUT2D eigenvalue weighted by Crippen LogP contribution is -2.31. The Morgan fingerprint density at radius 1 is 1.39 bits per heavy atom. The molecule has 0 bridgehead atoms. The number of aryl methyl sites for hydroxylation is 1. The van der Waals surface area contributed by atoms with Gasteiger partial charge in [0.15, 0.2) is 0 Å². The van der Waals surface area contributed by atoms with E-state index >= 15 is 0 Å². The fourth-order valence-corrected chi connectivity index (χ4v) is 3.04. The van der Waals surface area contributed by atoms with Crippen molar-refractivity contribution >= 4 is 5.91 Å². The monoisotopic (exact) mass is 313 g/mol. The maximum Gasteiger partial charge on any atom is 0.227 e. The molecule has 0 unspecified atom stereocenters. The highest BCUT2D eigenvalue weighted by atomic mass is 16.5. The second-order valence-corrected chi connectivity index (χ2v) is 6.29. The van der Waals surface area contributed by atoms with Crippen molar-refractivity contribution in [2.24, 2.45) is 5.92 Å². The first-order valence-corrected chi connectivity index (χ1v) is 8.14. The van der Waals surface area contributed by atoms with Crippen LogP contribution in [0.4, 0.5) is 0 Å². The SMILES string of the molecule is Cc1cc(CC(=O)NC[C@@H]2CCN(Cc3ccccc3)C2)on1.